The highest BCUT2D eigenvalue weighted by molar-refractivity contribution is 9.10. The predicted octanol–water partition coefficient (Wildman–Crippen LogP) is 3.09. The van der Waals surface area contributed by atoms with Crippen LogP contribution < -0.4 is 10.0 Å². The second-order valence-corrected chi connectivity index (χ2v) is 8.52. The van der Waals surface area contributed by atoms with Crippen molar-refractivity contribution in [1.82, 2.24) is 10.0 Å². The van der Waals surface area contributed by atoms with Gasteiger partial charge in [-0.1, -0.05) is 36.2 Å². The molecule has 2 N–H and O–H groups in total. The van der Waals surface area contributed by atoms with E-state index in [4.69, 9.17) is 0 Å². The zero-order chi connectivity index (χ0) is 15.6. The molecule has 0 saturated heterocycles. The van der Waals surface area contributed by atoms with Gasteiger partial charge in [-0.2, -0.15) is 0 Å². The Hall–Kier alpha value is -0.430. The Morgan fingerprint density at radius 3 is 2.52 bits per heavy atom. The van der Waals surface area contributed by atoms with Crippen molar-refractivity contribution in [3.63, 3.8) is 0 Å². The first-order chi connectivity index (χ1) is 9.79. The minimum atomic E-state index is -3.44. The highest BCUT2D eigenvalue weighted by Gasteiger charge is 2.26. The van der Waals surface area contributed by atoms with Gasteiger partial charge in [-0.05, 0) is 43.0 Å². The maximum absolute atomic E-state index is 12.5. The SMILES string of the molecule is Cc1c(Br)cc(CNC(C)C)cc1S(=O)(=O)NC1CCC1. The fraction of sp³-hybridized carbons (Fsp3) is 0.600. The van der Waals surface area contributed by atoms with Crippen molar-refractivity contribution in [2.24, 2.45) is 0 Å². The second kappa shape index (κ2) is 6.77. The molecule has 0 radical (unpaired) electrons. The zero-order valence-corrected chi connectivity index (χ0v) is 15.1. The lowest BCUT2D eigenvalue weighted by Crippen LogP contribution is -2.39. The first-order valence-electron chi connectivity index (χ1n) is 7.34. The molecule has 118 valence electrons. The van der Waals surface area contributed by atoms with Gasteiger partial charge >= 0.3 is 0 Å². The molecule has 0 unspecified atom stereocenters. The predicted molar refractivity (Wildman–Crippen MR) is 88.8 cm³/mol. The van der Waals surface area contributed by atoms with Crippen LogP contribution in [0.5, 0.6) is 0 Å². The third-order valence-corrected chi connectivity index (χ3v) is 6.26. The van der Waals surface area contributed by atoms with Gasteiger partial charge in [0, 0.05) is 23.1 Å². The highest BCUT2D eigenvalue weighted by atomic mass is 79.9. The molecule has 0 bridgehead atoms. The molecule has 0 aromatic heterocycles. The molecule has 1 saturated carbocycles. The van der Waals surface area contributed by atoms with E-state index in [-0.39, 0.29) is 6.04 Å². The number of hydrogen-bond acceptors (Lipinski definition) is 3. The van der Waals surface area contributed by atoms with Gasteiger partial charge in [0.2, 0.25) is 10.0 Å². The van der Waals surface area contributed by atoms with Crippen LogP contribution in [-0.4, -0.2) is 20.5 Å². The quantitative estimate of drug-likeness (QED) is 0.804. The second-order valence-electron chi connectivity index (χ2n) is 5.99. The molecule has 21 heavy (non-hydrogen) atoms. The standard InChI is InChI=1S/C15H23BrN2O2S/c1-10(2)17-9-12-7-14(16)11(3)15(8-12)21(19,20)18-13-5-4-6-13/h7-8,10,13,17-18H,4-6,9H2,1-3H3. The maximum Gasteiger partial charge on any atom is 0.241 e. The lowest BCUT2D eigenvalue weighted by Gasteiger charge is -2.26. The molecule has 1 aliphatic carbocycles. The minimum absolute atomic E-state index is 0.102. The Kier molecular flexibility index (Phi) is 5.46. The molecule has 0 heterocycles. The van der Waals surface area contributed by atoms with Crippen molar-refractivity contribution in [3.8, 4) is 0 Å². The van der Waals surface area contributed by atoms with Crippen LogP contribution >= 0.6 is 15.9 Å². The fourth-order valence-electron chi connectivity index (χ4n) is 2.22. The van der Waals surface area contributed by atoms with Crippen molar-refractivity contribution in [1.29, 1.82) is 0 Å². The number of halogens is 1. The Balaban J connectivity index is 2.28. The lowest BCUT2D eigenvalue weighted by molar-refractivity contribution is 0.383. The molecule has 2 rings (SSSR count). The third-order valence-electron chi connectivity index (χ3n) is 3.79. The molecule has 1 aromatic carbocycles. The summed E-state index contributed by atoms with van der Waals surface area (Å²) >= 11 is 3.47. The van der Waals surface area contributed by atoms with Crippen LogP contribution in [0.3, 0.4) is 0 Å². The zero-order valence-electron chi connectivity index (χ0n) is 12.7. The van der Waals surface area contributed by atoms with Gasteiger partial charge in [0.15, 0.2) is 0 Å². The Morgan fingerprint density at radius 2 is 2.00 bits per heavy atom. The van der Waals surface area contributed by atoms with Crippen LogP contribution in [0.2, 0.25) is 0 Å². The smallest absolute Gasteiger partial charge is 0.241 e. The van der Waals surface area contributed by atoms with E-state index in [9.17, 15) is 8.42 Å². The van der Waals surface area contributed by atoms with E-state index in [2.05, 4.69) is 39.8 Å². The first-order valence-corrected chi connectivity index (χ1v) is 9.62. The molecule has 0 aliphatic heterocycles. The highest BCUT2D eigenvalue weighted by Crippen LogP contribution is 2.28. The summed E-state index contributed by atoms with van der Waals surface area (Å²) in [5.74, 6) is 0. The van der Waals surface area contributed by atoms with Gasteiger partial charge in [0.25, 0.3) is 0 Å². The summed E-state index contributed by atoms with van der Waals surface area (Å²) < 4.78 is 28.7. The van der Waals surface area contributed by atoms with Crippen molar-refractivity contribution >= 4 is 26.0 Å². The van der Waals surface area contributed by atoms with Gasteiger partial charge in [-0.25, -0.2) is 13.1 Å². The van der Waals surface area contributed by atoms with E-state index in [0.29, 0.717) is 17.5 Å². The lowest BCUT2D eigenvalue weighted by atomic mass is 9.94. The molecule has 4 nitrogen and oxygen atoms in total. The van der Waals surface area contributed by atoms with Crippen LogP contribution in [0, 0.1) is 6.92 Å². The van der Waals surface area contributed by atoms with Crippen LogP contribution in [0.25, 0.3) is 0 Å². The normalized spacial score (nSPS) is 16.2. The number of benzene rings is 1. The average Bonchev–Trinajstić information content (AvgIpc) is 2.35. The summed E-state index contributed by atoms with van der Waals surface area (Å²) in [5, 5.41) is 3.31. The van der Waals surface area contributed by atoms with Crippen molar-refractivity contribution in [2.45, 2.75) is 63.6 Å². The Morgan fingerprint density at radius 1 is 1.33 bits per heavy atom. The van der Waals surface area contributed by atoms with Crippen LogP contribution in [0.1, 0.15) is 44.2 Å². The van der Waals surface area contributed by atoms with E-state index in [1.54, 1.807) is 6.07 Å². The van der Waals surface area contributed by atoms with Gasteiger partial charge in [0.05, 0.1) is 4.90 Å². The van der Waals surface area contributed by atoms with Gasteiger partial charge in [-0.3, -0.25) is 0 Å². The molecule has 0 atom stereocenters. The average molecular weight is 375 g/mol. The molecular formula is C15H23BrN2O2S. The number of rotatable bonds is 6. The fourth-order valence-corrected chi connectivity index (χ4v) is 4.48. The molecule has 0 spiro atoms. The summed E-state index contributed by atoms with van der Waals surface area (Å²) in [4.78, 5) is 0.379. The first kappa shape index (κ1) is 16.9. The summed E-state index contributed by atoms with van der Waals surface area (Å²) in [7, 11) is -3.44. The maximum atomic E-state index is 12.5. The largest absolute Gasteiger partial charge is 0.310 e. The summed E-state index contributed by atoms with van der Waals surface area (Å²) in [5.41, 5.74) is 1.73. The molecule has 1 fully saturated rings. The van der Waals surface area contributed by atoms with Crippen LogP contribution in [-0.2, 0) is 16.6 Å². The van der Waals surface area contributed by atoms with E-state index in [1.165, 1.54) is 0 Å². The van der Waals surface area contributed by atoms with Gasteiger partial charge < -0.3 is 5.32 Å². The minimum Gasteiger partial charge on any atom is -0.310 e. The van der Waals surface area contributed by atoms with Crippen molar-refractivity contribution in [3.05, 3.63) is 27.7 Å². The molecule has 1 aliphatic rings. The Bertz CT molecular complexity index is 610. The Labute approximate surface area is 135 Å². The van der Waals surface area contributed by atoms with E-state index < -0.39 is 10.0 Å². The monoisotopic (exact) mass is 374 g/mol. The molecular weight excluding hydrogens is 352 g/mol. The molecule has 6 heteroatoms. The van der Waals surface area contributed by atoms with E-state index in [0.717, 1.165) is 34.9 Å². The third kappa shape index (κ3) is 4.28. The van der Waals surface area contributed by atoms with Crippen molar-refractivity contribution in [2.75, 3.05) is 0 Å². The summed E-state index contributed by atoms with van der Waals surface area (Å²) in [6.45, 7) is 6.62. The number of nitrogens with one attached hydrogen (secondary N) is 2. The van der Waals surface area contributed by atoms with Gasteiger partial charge in [0.1, 0.15) is 0 Å². The van der Waals surface area contributed by atoms with Crippen LogP contribution in [0.15, 0.2) is 21.5 Å². The van der Waals surface area contributed by atoms with E-state index >= 15 is 0 Å². The van der Waals surface area contributed by atoms with Crippen LogP contribution in [0.4, 0.5) is 0 Å². The summed E-state index contributed by atoms with van der Waals surface area (Å²) in [6.07, 6.45) is 2.98. The van der Waals surface area contributed by atoms with E-state index in [1.807, 2.05) is 13.0 Å². The topological polar surface area (TPSA) is 58.2 Å². The molecule has 0 amide bonds. The van der Waals surface area contributed by atoms with Gasteiger partial charge in [-0.15, -0.1) is 0 Å². The van der Waals surface area contributed by atoms with Crippen molar-refractivity contribution < 1.29 is 8.42 Å². The number of sulfonamides is 1. The number of hydrogen-bond donors (Lipinski definition) is 2. The summed E-state index contributed by atoms with van der Waals surface area (Å²) in [6, 6.07) is 4.22. The molecule has 1 aromatic rings.